The van der Waals surface area contributed by atoms with Gasteiger partial charge in [-0.15, -0.1) is 0 Å². The zero-order valence-electron chi connectivity index (χ0n) is 8.35. The number of rotatable bonds is 0. The number of hydrogen-bond acceptors (Lipinski definition) is 1. The van der Waals surface area contributed by atoms with Crippen molar-refractivity contribution in [2.75, 3.05) is 0 Å². The van der Waals surface area contributed by atoms with Crippen LogP contribution in [0.15, 0.2) is 29.1 Å². The number of alkyl halides is 3. The van der Waals surface area contributed by atoms with E-state index in [1.54, 1.807) is 13.0 Å². The molecule has 0 aliphatic carbocycles. The second-order valence-electron chi connectivity index (χ2n) is 3.60. The molecule has 0 saturated carbocycles. The van der Waals surface area contributed by atoms with Gasteiger partial charge in [0.15, 0.2) is 0 Å². The van der Waals surface area contributed by atoms with Crippen LogP contribution in [-0.4, -0.2) is 4.98 Å². The molecule has 0 saturated heterocycles. The fraction of sp³-hybridized carbons (Fsp3) is 0.182. The smallest absolute Gasteiger partial charge is 0.321 e. The van der Waals surface area contributed by atoms with Crippen molar-refractivity contribution in [2.24, 2.45) is 0 Å². The van der Waals surface area contributed by atoms with Crippen LogP contribution in [0.25, 0.3) is 10.9 Å². The summed E-state index contributed by atoms with van der Waals surface area (Å²) in [6.07, 6.45) is -4.46. The van der Waals surface area contributed by atoms with E-state index in [-0.39, 0.29) is 5.52 Å². The summed E-state index contributed by atoms with van der Waals surface area (Å²) in [5.41, 5.74) is -1.00. The third kappa shape index (κ3) is 1.80. The Bertz CT molecular complexity index is 598. The quantitative estimate of drug-likeness (QED) is 0.737. The molecule has 0 amide bonds. The van der Waals surface area contributed by atoms with Gasteiger partial charge in [0.1, 0.15) is 0 Å². The Morgan fingerprint density at radius 1 is 1.19 bits per heavy atom. The summed E-state index contributed by atoms with van der Waals surface area (Å²) in [7, 11) is 0. The SMILES string of the molecule is Cc1cc(C(F)(F)F)c2[nH]c(=O)ccc2c1. The van der Waals surface area contributed by atoms with Crippen LogP contribution in [0.2, 0.25) is 0 Å². The van der Waals surface area contributed by atoms with E-state index >= 15 is 0 Å². The van der Waals surface area contributed by atoms with E-state index in [1.165, 1.54) is 12.1 Å². The maximum atomic E-state index is 12.7. The molecule has 84 valence electrons. The van der Waals surface area contributed by atoms with Crippen molar-refractivity contribution in [1.29, 1.82) is 0 Å². The molecule has 0 bridgehead atoms. The molecule has 16 heavy (non-hydrogen) atoms. The largest absolute Gasteiger partial charge is 0.418 e. The Hall–Kier alpha value is -1.78. The fourth-order valence-corrected chi connectivity index (χ4v) is 1.64. The Kier molecular flexibility index (Phi) is 2.26. The Balaban J connectivity index is 2.91. The number of benzene rings is 1. The maximum Gasteiger partial charge on any atom is 0.418 e. The maximum absolute atomic E-state index is 12.7. The molecule has 0 unspecified atom stereocenters. The number of H-pyrrole nitrogens is 1. The van der Waals surface area contributed by atoms with Gasteiger partial charge in [-0.2, -0.15) is 13.2 Å². The lowest BCUT2D eigenvalue weighted by Crippen LogP contribution is -2.11. The van der Waals surface area contributed by atoms with Crippen LogP contribution in [0.4, 0.5) is 13.2 Å². The van der Waals surface area contributed by atoms with E-state index in [9.17, 15) is 18.0 Å². The predicted molar refractivity (Wildman–Crippen MR) is 54.3 cm³/mol. The number of aryl methyl sites for hydroxylation is 1. The first kappa shape index (κ1) is 10.7. The van der Waals surface area contributed by atoms with Crippen LogP contribution in [-0.2, 0) is 6.18 Å². The van der Waals surface area contributed by atoms with Gasteiger partial charge in [-0.1, -0.05) is 0 Å². The third-order valence-corrected chi connectivity index (χ3v) is 2.28. The van der Waals surface area contributed by atoms with Crippen molar-refractivity contribution < 1.29 is 13.2 Å². The topological polar surface area (TPSA) is 32.9 Å². The first-order chi connectivity index (χ1) is 7.38. The third-order valence-electron chi connectivity index (χ3n) is 2.28. The van der Waals surface area contributed by atoms with E-state index in [2.05, 4.69) is 4.98 Å². The summed E-state index contributed by atoms with van der Waals surface area (Å²) in [5.74, 6) is 0. The summed E-state index contributed by atoms with van der Waals surface area (Å²) >= 11 is 0. The van der Waals surface area contributed by atoms with Crippen LogP contribution in [0, 0.1) is 6.92 Å². The van der Waals surface area contributed by atoms with E-state index in [0.717, 1.165) is 6.07 Å². The minimum Gasteiger partial charge on any atom is -0.321 e. The van der Waals surface area contributed by atoms with Crippen molar-refractivity contribution in [2.45, 2.75) is 13.1 Å². The van der Waals surface area contributed by atoms with Gasteiger partial charge in [-0.3, -0.25) is 4.79 Å². The van der Waals surface area contributed by atoms with Crippen LogP contribution in [0.5, 0.6) is 0 Å². The highest BCUT2D eigenvalue weighted by atomic mass is 19.4. The molecule has 1 N–H and O–H groups in total. The molecule has 0 fully saturated rings. The standard InChI is InChI=1S/C11H8F3NO/c1-6-4-7-2-3-9(16)15-10(7)8(5-6)11(12,13)14/h2-5H,1H3,(H,15,16). The van der Waals surface area contributed by atoms with Gasteiger partial charge in [0, 0.05) is 6.07 Å². The number of aromatic amines is 1. The lowest BCUT2D eigenvalue weighted by atomic mass is 10.1. The summed E-state index contributed by atoms with van der Waals surface area (Å²) < 4.78 is 38.1. The molecule has 5 heteroatoms. The summed E-state index contributed by atoms with van der Waals surface area (Å²) in [5, 5.41) is 0.381. The van der Waals surface area contributed by atoms with Crippen molar-refractivity contribution in [1.82, 2.24) is 4.98 Å². The Morgan fingerprint density at radius 2 is 1.88 bits per heavy atom. The van der Waals surface area contributed by atoms with Crippen molar-refractivity contribution >= 4 is 10.9 Å². The van der Waals surface area contributed by atoms with Gasteiger partial charge >= 0.3 is 6.18 Å². The van der Waals surface area contributed by atoms with Gasteiger partial charge in [-0.05, 0) is 36.1 Å². The molecule has 2 rings (SSSR count). The zero-order chi connectivity index (χ0) is 11.9. The molecular weight excluding hydrogens is 219 g/mol. The lowest BCUT2D eigenvalue weighted by molar-refractivity contribution is -0.136. The number of hydrogen-bond donors (Lipinski definition) is 1. The molecule has 1 aromatic carbocycles. The predicted octanol–water partition coefficient (Wildman–Crippen LogP) is 2.86. The van der Waals surface area contributed by atoms with E-state index < -0.39 is 17.3 Å². The molecule has 2 aromatic rings. The van der Waals surface area contributed by atoms with E-state index in [1.807, 2.05) is 0 Å². The van der Waals surface area contributed by atoms with Gasteiger partial charge in [0.05, 0.1) is 11.1 Å². The number of halogens is 3. The number of nitrogens with one attached hydrogen (secondary N) is 1. The normalized spacial score (nSPS) is 12.0. The van der Waals surface area contributed by atoms with Gasteiger partial charge in [0.2, 0.25) is 5.56 Å². The molecule has 0 aliphatic rings. The number of pyridine rings is 1. The van der Waals surface area contributed by atoms with Gasteiger partial charge in [-0.25, -0.2) is 0 Å². The highest BCUT2D eigenvalue weighted by Gasteiger charge is 2.33. The van der Waals surface area contributed by atoms with Gasteiger partial charge in [0.25, 0.3) is 0 Å². The molecular formula is C11H8F3NO. The average molecular weight is 227 g/mol. The zero-order valence-corrected chi connectivity index (χ0v) is 8.35. The van der Waals surface area contributed by atoms with Crippen molar-refractivity contribution in [3.05, 3.63) is 45.7 Å². The van der Waals surface area contributed by atoms with Crippen LogP contribution >= 0.6 is 0 Å². The molecule has 2 nitrogen and oxygen atoms in total. The van der Waals surface area contributed by atoms with E-state index in [4.69, 9.17) is 0 Å². The second kappa shape index (κ2) is 3.37. The second-order valence-corrected chi connectivity index (χ2v) is 3.60. The molecule has 1 heterocycles. The molecule has 0 radical (unpaired) electrons. The van der Waals surface area contributed by atoms with Crippen molar-refractivity contribution in [3.8, 4) is 0 Å². The highest BCUT2D eigenvalue weighted by molar-refractivity contribution is 5.82. The van der Waals surface area contributed by atoms with Gasteiger partial charge < -0.3 is 4.98 Å². The minimum absolute atomic E-state index is 0.161. The van der Waals surface area contributed by atoms with Crippen molar-refractivity contribution in [3.63, 3.8) is 0 Å². The Morgan fingerprint density at radius 3 is 2.50 bits per heavy atom. The highest BCUT2D eigenvalue weighted by Crippen LogP contribution is 2.34. The summed E-state index contributed by atoms with van der Waals surface area (Å²) in [6, 6.07) is 5.22. The number of fused-ring (bicyclic) bond motifs is 1. The number of aromatic nitrogens is 1. The van der Waals surface area contributed by atoms with Crippen LogP contribution in [0.3, 0.4) is 0 Å². The summed E-state index contributed by atoms with van der Waals surface area (Å²) in [6.45, 7) is 1.58. The molecule has 1 aromatic heterocycles. The van der Waals surface area contributed by atoms with Crippen LogP contribution < -0.4 is 5.56 Å². The Labute approximate surface area is 88.7 Å². The monoisotopic (exact) mass is 227 g/mol. The first-order valence-electron chi connectivity index (χ1n) is 4.59. The molecule has 0 spiro atoms. The first-order valence-corrected chi connectivity index (χ1v) is 4.59. The molecule has 0 aliphatic heterocycles. The van der Waals surface area contributed by atoms with Crippen LogP contribution in [0.1, 0.15) is 11.1 Å². The fourth-order valence-electron chi connectivity index (χ4n) is 1.64. The minimum atomic E-state index is -4.46. The van der Waals surface area contributed by atoms with E-state index in [0.29, 0.717) is 10.9 Å². The lowest BCUT2D eigenvalue weighted by Gasteiger charge is -2.11. The summed E-state index contributed by atoms with van der Waals surface area (Å²) in [4.78, 5) is 13.2. The molecule has 0 atom stereocenters. The average Bonchev–Trinajstić information content (AvgIpc) is 2.16.